The molecule has 2 spiro atoms. The zero-order valence-corrected chi connectivity index (χ0v) is 31.5. The Morgan fingerprint density at radius 3 is 1.45 bits per heavy atom. The Morgan fingerprint density at radius 1 is 0.686 bits per heavy atom. The molecule has 6 rings (SSSR count). The molecule has 2 aromatic rings. The van der Waals surface area contributed by atoms with Crippen LogP contribution in [0.2, 0.25) is 0 Å². The minimum atomic E-state index is -3.73. The molecule has 2 aromatic carbocycles. The largest absolute Gasteiger partial charge is 0.399 e. The highest BCUT2D eigenvalue weighted by atomic mass is 32.2. The number of hydrogen-bond acceptors (Lipinski definition) is 10. The molecule has 0 amide bonds. The second-order valence-electron chi connectivity index (χ2n) is 13.6. The summed E-state index contributed by atoms with van der Waals surface area (Å²) in [6.45, 7) is 6.07. The first-order valence-electron chi connectivity index (χ1n) is 17.9. The summed E-state index contributed by atoms with van der Waals surface area (Å²) in [5.41, 5.74) is 7.12. The number of sulfonamides is 2. The number of anilines is 2. The molecule has 278 valence electrons. The van der Waals surface area contributed by atoms with Crippen molar-refractivity contribution in [3.63, 3.8) is 0 Å². The Labute approximate surface area is 302 Å². The van der Waals surface area contributed by atoms with E-state index < -0.39 is 20.0 Å². The van der Waals surface area contributed by atoms with Crippen LogP contribution in [0.15, 0.2) is 78.5 Å². The number of nitrogens with one attached hydrogen (secondary N) is 3. The molecular weight excluding hydrogens is 689 g/mol. The monoisotopic (exact) mass is 740 g/mol. The Bertz CT molecular complexity index is 1810. The number of benzene rings is 2. The van der Waals surface area contributed by atoms with E-state index in [1.165, 1.54) is 50.7 Å². The van der Waals surface area contributed by atoms with Crippen LogP contribution in [-0.2, 0) is 20.0 Å². The van der Waals surface area contributed by atoms with Gasteiger partial charge in [0.25, 0.3) is 20.0 Å². The number of nitrogens with two attached hydrogens (primary N) is 1. The van der Waals surface area contributed by atoms with E-state index in [2.05, 4.69) is 34.9 Å². The quantitative estimate of drug-likeness (QED) is 0.177. The molecule has 2 heterocycles. The third kappa shape index (κ3) is 9.58. The minimum Gasteiger partial charge on any atom is -0.399 e. The van der Waals surface area contributed by atoms with E-state index in [1.54, 1.807) is 53.5 Å². The lowest BCUT2D eigenvalue weighted by atomic mass is 9.75. The van der Waals surface area contributed by atoms with Crippen molar-refractivity contribution in [2.45, 2.75) is 87.8 Å². The number of hydrazone groups is 2. The van der Waals surface area contributed by atoms with Crippen molar-refractivity contribution < 1.29 is 16.8 Å². The first kappa shape index (κ1) is 38.1. The number of rotatable bonds is 7. The highest BCUT2D eigenvalue weighted by Gasteiger charge is 2.39. The molecule has 16 heteroatoms. The van der Waals surface area contributed by atoms with Crippen molar-refractivity contribution in [1.29, 1.82) is 0 Å². The Kier molecular flexibility index (Phi) is 12.3. The van der Waals surface area contributed by atoms with Crippen molar-refractivity contribution in [1.82, 2.24) is 19.5 Å². The van der Waals surface area contributed by atoms with Crippen LogP contribution in [0, 0.1) is 10.8 Å². The number of guanidine groups is 2. The van der Waals surface area contributed by atoms with Crippen molar-refractivity contribution in [2.75, 3.05) is 44.3 Å². The Morgan fingerprint density at radius 2 is 1.08 bits per heavy atom. The highest BCUT2D eigenvalue weighted by molar-refractivity contribution is 7.90. The molecule has 51 heavy (non-hydrogen) atoms. The third-order valence-electron chi connectivity index (χ3n) is 9.77. The van der Waals surface area contributed by atoms with E-state index >= 15 is 0 Å². The fraction of sp³-hybridized carbons (Fsp3) is 0.543. The maximum absolute atomic E-state index is 12.8. The average Bonchev–Trinajstić information content (AvgIpc) is 3.73. The standard InChI is InChI=1S/C18H27N5O2S.C17H25N5O2S/c1-3-20-17(23-14-18(13-21-23)11-5-4-6-12-18)22-26(24,25)16-9-7-15(19-2)8-10-16;1-2-19-16(21-25(23,24)15-8-6-14(18)7-9-15)22-13-17(12-20-22)10-4-3-5-11-17/h7-10,13,19H,3-6,11-12,14H2,1-2H3,(H,20,22);6-9,12H,2-5,10-11,13,18H2,1H3,(H,19,21). The van der Waals surface area contributed by atoms with Gasteiger partial charge in [0, 0.05) is 54.8 Å². The predicted molar refractivity (Wildman–Crippen MR) is 205 cm³/mol. The second kappa shape index (κ2) is 16.4. The summed E-state index contributed by atoms with van der Waals surface area (Å²) in [6.07, 6.45) is 15.7. The Hall–Kier alpha value is -4.18. The lowest BCUT2D eigenvalue weighted by Crippen LogP contribution is -2.43. The molecule has 0 bridgehead atoms. The maximum atomic E-state index is 12.8. The predicted octanol–water partition coefficient (Wildman–Crippen LogP) is 4.81. The fourth-order valence-electron chi connectivity index (χ4n) is 6.93. The van der Waals surface area contributed by atoms with Gasteiger partial charge in [-0.05, 0) is 88.1 Å². The molecule has 5 N–H and O–H groups in total. The highest BCUT2D eigenvalue weighted by Crippen LogP contribution is 2.39. The van der Waals surface area contributed by atoms with Gasteiger partial charge in [0.2, 0.25) is 11.9 Å². The van der Waals surface area contributed by atoms with Gasteiger partial charge in [-0.1, -0.05) is 38.5 Å². The lowest BCUT2D eigenvalue weighted by molar-refractivity contribution is 0.253. The number of aliphatic imine (C=N–C) groups is 2. The topological polar surface area (TPSA) is 186 Å². The number of nitrogen functional groups attached to an aromatic ring is 1. The summed E-state index contributed by atoms with van der Waals surface area (Å²) in [5, 5.41) is 15.3. The van der Waals surface area contributed by atoms with Crippen molar-refractivity contribution >= 4 is 55.8 Å². The van der Waals surface area contributed by atoms with Crippen LogP contribution in [0.4, 0.5) is 11.4 Å². The van der Waals surface area contributed by atoms with Crippen LogP contribution in [0.5, 0.6) is 0 Å². The van der Waals surface area contributed by atoms with E-state index in [1.807, 2.05) is 26.3 Å². The van der Waals surface area contributed by atoms with Gasteiger partial charge in [-0.3, -0.25) is 9.98 Å². The van der Waals surface area contributed by atoms with Gasteiger partial charge < -0.3 is 11.1 Å². The summed E-state index contributed by atoms with van der Waals surface area (Å²) in [6, 6.07) is 12.7. The second-order valence-corrected chi connectivity index (χ2v) is 17.0. The molecule has 0 radical (unpaired) electrons. The fourth-order valence-corrected chi connectivity index (χ4v) is 8.97. The van der Waals surface area contributed by atoms with Gasteiger partial charge in [-0.15, -0.1) is 0 Å². The molecule has 0 saturated heterocycles. The van der Waals surface area contributed by atoms with Crippen LogP contribution >= 0.6 is 0 Å². The molecule has 2 fully saturated rings. The molecule has 4 aliphatic rings. The van der Waals surface area contributed by atoms with Crippen LogP contribution < -0.4 is 20.5 Å². The molecule has 2 aliphatic carbocycles. The maximum Gasteiger partial charge on any atom is 0.264 e. The summed E-state index contributed by atoms with van der Waals surface area (Å²) in [7, 11) is -5.65. The Balaban J connectivity index is 0.000000198. The van der Waals surface area contributed by atoms with Crippen LogP contribution in [0.3, 0.4) is 0 Å². The van der Waals surface area contributed by atoms with Crippen LogP contribution in [0.1, 0.15) is 78.1 Å². The first-order valence-corrected chi connectivity index (χ1v) is 20.8. The van der Waals surface area contributed by atoms with Gasteiger partial charge in [-0.2, -0.15) is 10.2 Å². The van der Waals surface area contributed by atoms with Gasteiger partial charge in [0.05, 0.1) is 22.9 Å². The van der Waals surface area contributed by atoms with E-state index in [0.29, 0.717) is 37.8 Å². The summed E-state index contributed by atoms with van der Waals surface area (Å²) < 4.78 is 56.0. The van der Waals surface area contributed by atoms with E-state index in [9.17, 15) is 16.8 Å². The summed E-state index contributed by atoms with van der Waals surface area (Å²) in [5.74, 6) is 0.571. The SMILES string of the molecule is CCN=C(NS(=O)(=O)c1ccc(N)cc1)N1CC2(C=N1)CCCCC2.CCN=C(NS(=O)(=O)c1ccc(NC)cc1)N1CC2(C=N1)CCCCC2. The van der Waals surface area contributed by atoms with Crippen molar-refractivity contribution in [3.8, 4) is 0 Å². The smallest absolute Gasteiger partial charge is 0.264 e. The normalized spacial score (nSPS) is 20.0. The lowest BCUT2D eigenvalue weighted by Gasteiger charge is -2.31. The van der Waals surface area contributed by atoms with Crippen LogP contribution in [0.25, 0.3) is 0 Å². The average molecular weight is 741 g/mol. The third-order valence-corrected chi connectivity index (χ3v) is 12.5. The molecule has 0 unspecified atom stereocenters. The minimum absolute atomic E-state index is 0.0550. The zero-order valence-electron chi connectivity index (χ0n) is 29.9. The van der Waals surface area contributed by atoms with Gasteiger partial charge in [0.15, 0.2) is 0 Å². The van der Waals surface area contributed by atoms with Gasteiger partial charge in [-0.25, -0.2) is 36.3 Å². The van der Waals surface area contributed by atoms with E-state index in [0.717, 1.165) is 31.4 Å². The van der Waals surface area contributed by atoms with E-state index in [-0.39, 0.29) is 26.6 Å². The van der Waals surface area contributed by atoms with E-state index in [4.69, 9.17) is 5.73 Å². The number of nitrogens with zero attached hydrogens (tertiary/aromatic N) is 6. The van der Waals surface area contributed by atoms with Gasteiger partial charge in [0.1, 0.15) is 0 Å². The van der Waals surface area contributed by atoms with Crippen LogP contribution in [-0.4, -0.2) is 84.4 Å². The molecular formula is C35H52N10O4S2. The van der Waals surface area contributed by atoms with Crippen molar-refractivity contribution in [3.05, 3.63) is 48.5 Å². The number of hydrogen-bond donors (Lipinski definition) is 4. The molecule has 0 atom stereocenters. The zero-order chi connectivity index (χ0) is 36.5. The molecule has 14 nitrogen and oxygen atoms in total. The summed E-state index contributed by atoms with van der Waals surface area (Å²) >= 11 is 0. The molecule has 2 saturated carbocycles. The van der Waals surface area contributed by atoms with Gasteiger partial charge >= 0.3 is 0 Å². The summed E-state index contributed by atoms with van der Waals surface area (Å²) in [4.78, 5) is 9.04. The first-order chi connectivity index (χ1) is 24.4. The molecule has 0 aromatic heterocycles. The molecule has 2 aliphatic heterocycles. The van der Waals surface area contributed by atoms with Crippen molar-refractivity contribution in [2.24, 2.45) is 31.0 Å².